The number of pyridine rings is 1. The maximum absolute atomic E-state index is 5.29. The normalized spacial score (nSPS) is 11.1. The second-order valence-electron chi connectivity index (χ2n) is 3.75. The first-order valence-electron chi connectivity index (χ1n) is 5.06. The van der Waals surface area contributed by atoms with E-state index in [-0.39, 0.29) is 20.1 Å². The van der Waals surface area contributed by atoms with Crippen molar-refractivity contribution in [1.29, 1.82) is 0 Å². The maximum atomic E-state index is 5.29. The molecule has 0 aliphatic carbocycles. The molecule has 3 heterocycles. The van der Waals surface area contributed by atoms with Crippen LogP contribution in [0.2, 0.25) is 0 Å². The molecule has 0 spiro atoms. The second kappa shape index (κ2) is 3.69. The summed E-state index contributed by atoms with van der Waals surface area (Å²) in [5.41, 5.74) is 1.96. The van der Waals surface area contributed by atoms with E-state index >= 15 is 0 Å². The van der Waals surface area contributed by atoms with Crippen LogP contribution < -0.4 is 0 Å². The molecule has 0 bridgehead atoms. The largest absolute Gasteiger partial charge is 0.471 e. The Morgan fingerprint density at radius 3 is 3.12 bits per heavy atom. The van der Waals surface area contributed by atoms with Crippen LogP contribution in [0.3, 0.4) is 0 Å². The predicted molar refractivity (Wildman–Crippen MR) is 61.3 cm³/mol. The topological polar surface area (TPSA) is 30.4 Å². The van der Waals surface area contributed by atoms with Gasteiger partial charge in [0.25, 0.3) is 0 Å². The van der Waals surface area contributed by atoms with Crippen molar-refractivity contribution in [3.63, 3.8) is 0 Å². The van der Waals surface area contributed by atoms with Gasteiger partial charge >= 0.3 is 0 Å². The van der Waals surface area contributed by atoms with Crippen molar-refractivity contribution in [2.45, 2.75) is 0 Å². The third kappa shape index (κ3) is 1.28. The molecule has 0 aliphatic heterocycles. The SMILES string of the molecule is [Ir].[c-]1cccc2c1c1nccn1c1cocc21. The van der Waals surface area contributed by atoms with Crippen molar-refractivity contribution in [2.75, 3.05) is 0 Å². The van der Waals surface area contributed by atoms with Crippen molar-refractivity contribution in [1.82, 2.24) is 9.38 Å². The van der Waals surface area contributed by atoms with Crippen LogP contribution in [0, 0.1) is 6.07 Å². The number of furan rings is 1. The first kappa shape index (κ1) is 10.5. The number of aromatic nitrogens is 2. The van der Waals surface area contributed by atoms with Gasteiger partial charge in [0.15, 0.2) is 0 Å². The summed E-state index contributed by atoms with van der Waals surface area (Å²) in [7, 11) is 0. The minimum Gasteiger partial charge on any atom is -0.471 e. The zero-order valence-electron chi connectivity index (χ0n) is 8.68. The molecule has 0 unspecified atom stereocenters. The van der Waals surface area contributed by atoms with Gasteiger partial charge in [0.05, 0.1) is 17.4 Å². The number of nitrogens with zero attached hydrogens (tertiary/aromatic N) is 2. The van der Waals surface area contributed by atoms with E-state index in [1.807, 2.05) is 22.7 Å². The molecule has 4 aromatic rings. The molecule has 0 aliphatic rings. The van der Waals surface area contributed by atoms with E-state index in [9.17, 15) is 0 Å². The quantitative estimate of drug-likeness (QED) is 0.426. The molecular weight excluding hydrogens is 392 g/mol. The molecule has 1 radical (unpaired) electrons. The molecule has 4 rings (SSSR count). The summed E-state index contributed by atoms with van der Waals surface area (Å²) in [5, 5.41) is 3.25. The van der Waals surface area contributed by atoms with E-state index in [0.717, 1.165) is 27.3 Å². The third-order valence-electron chi connectivity index (χ3n) is 2.91. The molecule has 0 atom stereocenters. The van der Waals surface area contributed by atoms with Gasteiger partial charge in [0, 0.05) is 37.9 Å². The van der Waals surface area contributed by atoms with Gasteiger partial charge in [-0.05, 0) is 0 Å². The minimum atomic E-state index is 0. The van der Waals surface area contributed by atoms with Crippen LogP contribution in [0.5, 0.6) is 0 Å². The van der Waals surface area contributed by atoms with E-state index in [2.05, 4.69) is 17.1 Å². The fourth-order valence-electron chi connectivity index (χ4n) is 2.21. The Hall–Kier alpha value is -1.64. The Balaban J connectivity index is 0.000000902. The van der Waals surface area contributed by atoms with Crippen LogP contribution in [0.1, 0.15) is 0 Å². The molecule has 0 saturated carbocycles. The Kier molecular flexibility index (Phi) is 2.28. The molecule has 3 aromatic heterocycles. The van der Waals surface area contributed by atoms with Gasteiger partial charge in [-0.25, -0.2) is 0 Å². The Morgan fingerprint density at radius 1 is 1.24 bits per heavy atom. The first-order chi connectivity index (χ1) is 7.95. The Morgan fingerprint density at radius 2 is 2.18 bits per heavy atom. The van der Waals surface area contributed by atoms with Gasteiger partial charge in [-0.3, -0.25) is 4.98 Å². The van der Waals surface area contributed by atoms with Crippen LogP contribution in [-0.4, -0.2) is 9.38 Å². The zero-order chi connectivity index (χ0) is 10.5. The minimum absolute atomic E-state index is 0. The fraction of sp³-hybridized carbons (Fsp3) is 0. The number of hydrogen-bond acceptors (Lipinski definition) is 2. The zero-order valence-corrected chi connectivity index (χ0v) is 11.1. The molecular formula is C13H7IrN2O-. The summed E-state index contributed by atoms with van der Waals surface area (Å²) in [6.07, 6.45) is 7.25. The predicted octanol–water partition coefficient (Wildman–Crippen LogP) is 3.03. The monoisotopic (exact) mass is 400 g/mol. The van der Waals surface area contributed by atoms with Crippen LogP contribution in [0.4, 0.5) is 0 Å². The van der Waals surface area contributed by atoms with Crippen molar-refractivity contribution in [3.05, 3.63) is 49.2 Å². The number of benzene rings is 1. The molecule has 0 fully saturated rings. The smallest absolute Gasteiger partial charge is 0.113 e. The van der Waals surface area contributed by atoms with Gasteiger partial charge in [-0.1, -0.05) is 5.39 Å². The maximum Gasteiger partial charge on any atom is 0.113 e. The molecule has 0 saturated heterocycles. The van der Waals surface area contributed by atoms with Gasteiger partial charge in [-0.15, -0.1) is 29.7 Å². The average Bonchev–Trinajstić information content (AvgIpc) is 2.98. The fourth-order valence-corrected chi connectivity index (χ4v) is 2.21. The van der Waals surface area contributed by atoms with E-state index in [1.54, 1.807) is 18.7 Å². The third-order valence-corrected chi connectivity index (χ3v) is 2.91. The van der Waals surface area contributed by atoms with Gasteiger partial charge in [0.1, 0.15) is 6.26 Å². The molecule has 0 N–H and O–H groups in total. The van der Waals surface area contributed by atoms with E-state index in [0.29, 0.717) is 0 Å². The summed E-state index contributed by atoms with van der Waals surface area (Å²) in [6.45, 7) is 0. The first-order valence-corrected chi connectivity index (χ1v) is 5.06. The van der Waals surface area contributed by atoms with Crippen LogP contribution in [-0.2, 0) is 20.1 Å². The molecule has 3 nitrogen and oxygen atoms in total. The van der Waals surface area contributed by atoms with Crippen molar-refractivity contribution in [3.8, 4) is 0 Å². The molecule has 0 amide bonds. The van der Waals surface area contributed by atoms with E-state index in [1.165, 1.54) is 0 Å². The Bertz CT molecular complexity index is 747. The average molecular weight is 399 g/mol. The summed E-state index contributed by atoms with van der Waals surface area (Å²) >= 11 is 0. The number of fused-ring (bicyclic) bond motifs is 6. The number of rotatable bonds is 0. The molecule has 4 heteroatoms. The van der Waals surface area contributed by atoms with E-state index < -0.39 is 0 Å². The Labute approximate surface area is 110 Å². The van der Waals surface area contributed by atoms with Crippen molar-refractivity contribution in [2.24, 2.45) is 0 Å². The number of imidazole rings is 1. The van der Waals surface area contributed by atoms with E-state index in [4.69, 9.17) is 4.42 Å². The molecule has 85 valence electrons. The summed E-state index contributed by atoms with van der Waals surface area (Å²) < 4.78 is 7.31. The molecule has 17 heavy (non-hydrogen) atoms. The van der Waals surface area contributed by atoms with Gasteiger partial charge < -0.3 is 8.82 Å². The van der Waals surface area contributed by atoms with Crippen LogP contribution in [0.15, 0.2) is 47.5 Å². The standard InChI is InChI=1S/C13H7N2O.Ir/c1-2-4-10-9(3-1)11-7-16-8-12(11)15-6-5-14-13(10)15;/h1-3,5-8H;/q-1;. The summed E-state index contributed by atoms with van der Waals surface area (Å²) in [6, 6.07) is 9.19. The van der Waals surface area contributed by atoms with Crippen molar-refractivity contribution < 1.29 is 24.5 Å². The summed E-state index contributed by atoms with van der Waals surface area (Å²) in [5.74, 6) is 0. The van der Waals surface area contributed by atoms with Crippen molar-refractivity contribution >= 4 is 27.3 Å². The number of hydrogen-bond donors (Lipinski definition) is 0. The van der Waals surface area contributed by atoms with Crippen LogP contribution >= 0.6 is 0 Å². The van der Waals surface area contributed by atoms with Gasteiger partial charge in [0.2, 0.25) is 0 Å². The summed E-state index contributed by atoms with van der Waals surface area (Å²) in [4.78, 5) is 4.37. The molecule has 1 aromatic carbocycles. The van der Waals surface area contributed by atoms with Gasteiger partial charge in [-0.2, -0.15) is 0 Å². The van der Waals surface area contributed by atoms with Crippen LogP contribution in [0.25, 0.3) is 27.3 Å². The second-order valence-corrected chi connectivity index (χ2v) is 3.75.